The van der Waals surface area contributed by atoms with Crippen molar-refractivity contribution >= 4 is 56.0 Å². The molecule has 0 saturated carbocycles. The Morgan fingerprint density at radius 2 is 2.03 bits per heavy atom. The van der Waals surface area contributed by atoms with Crippen LogP contribution in [-0.4, -0.2) is 23.8 Å². The van der Waals surface area contributed by atoms with E-state index in [1.807, 2.05) is 37.3 Å². The maximum atomic E-state index is 13.2. The molecule has 2 aromatic carbocycles. The molecule has 0 unspecified atom stereocenters. The molecule has 0 saturated heterocycles. The number of amides is 1. The van der Waals surface area contributed by atoms with Gasteiger partial charge in [-0.05, 0) is 43.3 Å². The lowest BCUT2D eigenvalue weighted by atomic mass is 10.2. The van der Waals surface area contributed by atoms with Gasteiger partial charge in [-0.1, -0.05) is 40.6 Å². The molecule has 0 fully saturated rings. The van der Waals surface area contributed by atoms with E-state index >= 15 is 0 Å². The number of carbonyl (C=O) groups excluding carboxylic acids is 1. The molecule has 0 atom stereocenters. The minimum Gasteiger partial charge on any atom is -0.494 e. The van der Waals surface area contributed by atoms with E-state index in [-0.39, 0.29) is 11.7 Å². The van der Waals surface area contributed by atoms with Gasteiger partial charge in [0.1, 0.15) is 17.0 Å². The molecule has 0 aliphatic rings. The third kappa shape index (κ3) is 4.48. The average molecular weight is 459 g/mol. The third-order valence-corrected chi connectivity index (χ3v) is 7.01. The Balaban J connectivity index is 1.64. The van der Waals surface area contributed by atoms with Crippen molar-refractivity contribution in [1.82, 2.24) is 4.98 Å². The van der Waals surface area contributed by atoms with Gasteiger partial charge in [-0.3, -0.25) is 9.69 Å². The van der Waals surface area contributed by atoms with Crippen LogP contribution >= 0.6 is 34.7 Å². The van der Waals surface area contributed by atoms with Gasteiger partial charge in [-0.25, -0.2) is 4.98 Å². The van der Waals surface area contributed by atoms with E-state index in [9.17, 15) is 4.79 Å². The van der Waals surface area contributed by atoms with Crippen LogP contribution in [0.3, 0.4) is 0 Å². The van der Waals surface area contributed by atoms with E-state index in [1.54, 1.807) is 36.5 Å². The third-order valence-electron chi connectivity index (χ3n) is 4.48. The second kappa shape index (κ2) is 9.12. The van der Waals surface area contributed by atoms with Crippen molar-refractivity contribution in [2.45, 2.75) is 18.4 Å². The van der Waals surface area contributed by atoms with E-state index in [0.717, 1.165) is 9.60 Å². The highest BCUT2D eigenvalue weighted by Crippen LogP contribution is 2.39. The summed E-state index contributed by atoms with van der Waals surface area (Å²) in [6, 6.07) is 15.3. The zero-order valence-electron chi connectivity index (χ0n) is 16.4. The SMILES string of the molecule is COc1ccc(Cl)c2sc(N(Cc3ccco3)C(=O)CSc3ccc(C)cc3)nc12. The number of carbonyl (C=O) groups is 1. The fourth-order valence-electron chi connectivity index (χ4n) is 2.90. The van der Waals surface area contributed by atoms with E-state index in [2.05, 4.69) is 4.98 Å². The van der Waals surface area contributed by atoms with Crippen LogP contribution in [0.4, 0.5) is 5.13 Å². The molecule has 154 valence electrons. The standard InChI is InChI=1S/C22H19ClN2O3S2/c1-14-5-7-16(8-6-14)29-13-19(26)25(12-15-4-3-11-28-15)22-24-20-18(27-2)10-9-17(23)21(20)30-22/h3-11H,12-13H2,1-2H3. The second-order valence-electron chi connectivity index (χ2n) is 6.58. The minimum absolute atomic E-state index is 0.0638. The quantitative estimate of drug-likeness (QED) is 0.309. The van der Waals surface area contributed by atoms with Crippen molar-refractivity contribution in [3.05, 3.63) is 71.1 Å². The summed E-state index contributed by atoms with van der Waals surface area (Å²) in [7, 11) is 1.59. The van der Waals surface area contributed by atoms with E-state index in [0.29, 0.717) is 33.7 Å². The van der Waals surface area contributed by atoms with Gasteiger partial charge in [0.25, 0.3) is 0 Å². The molecule has 2 aromatic heterocycles. The largest absolute Gasteiger partial charge is 0.494 e. The number of rotatable bonds is 7. The molecule has 1 amide bonds. The monoisotopic (exact) mass is 458 g/mol. The van der Waals surface area contributed by atoms with Crippen molar-refractivity contribution in [3.8, 4) is 5.75 Å². The van der Waals surface area contributed by atoms with E-state index in [1.165, 1.54) is 28.7 Å². The molecule has 4 aromatic rings. The Morgan fingerprint density at radius 3 is 2.73 bits per heavy atom. The van der Waals surface area contributed by atoms with Crippen LogP contribution in [0.5, 0.6) is 5.75 Å². The molecule has 8 heteroatoms. The van der Waals surface area contributed by atoms with Crippen molar-refractivity contribution in [3.63, 3.8) is 0 Å². The summed E-state index contributed by atoms with van der Waals surface area (Å²) in [4.78, 5) is 20.6. The maximum Gasteiger partial charge on any atom is 0.239 e. The molecule has 0 N–H and O–H groups in total. The number of ether oxygens (including phenoxy) is 1. The van der Waals surface area contributed by atoms with Crippen LogP contribution in [0.25, 0.3) is 10.2 Å². The number of aromatic nitrogens is 1. The first-order valence-corrected chi connectivity index (χ1v) is 11.4. The molecule has 5 nitrogen and oxygen atoms in total. The van der Waals surface area contributed by atoms with Crippen molar-refractivity contribution in [2.24, 2.45) is 0 Å². The lowest BCUT2D eigenvalue weighted by Crippen LogP contribution is -2.31. The van der Waals surface area contributed by atoms with Crippen LogP contribution in [0, 0.1) is 6.92 Å². The smallest absolute Gasteiger partial charge is 0.239 e. The molecule has 30 heavy (non-hydrogen) atoms. The van der Waals surface area contributed by atoms with Crippen molar-refractivity contribution in [1.29, 1.82) is 0 Å². The van der Waals surface area contributed by atoms with Crippen LogP contribution in [-0.2, 0) is 11.3 Å². The lowest BCUT2D eigenvalue weighted by Gasteiger charge is -2.18. The predicted molar refractivity (Wildman–Crippen MR) is 123 cm³/mol. The summed E-state index contributed by atoms with van der Waals surface area (Å²) in [5.74, 6) is 1.52. The number of thiazole rings is 1. The van der Waals surface area contributed by atoms with Gasteiger partial charge in [-0.15, -0.1) is 11.8 Å². The zero-order valence-corrected chi connectivity index (χ0v) is 18.8. The topological polar surface area (TPSA) is 55.6 Å². The predicted octanol–water partition coefficient (Wildman–Crippen LogP) is 6.19. The normalized spacial score (nSPS) is 11.0. The number of thioether (sulfide) groups is 1. The number of nitrogens with zero attached hydrogens (tertiary/aromatic N) is 2. The highest BCUT2D eigenvalue weighted by atomic mass is 35.5. The Bertz CT molecular complexity index is 1160. The zero-order chi connectivity index (χ0) is 21.1. The molecule has 2 heterocycles. The van der Waals surface area contributed by atoms with Gasteiger partial charge in [0.05, 0.1) is 35.4 Å². The molecule has 0 aliphatic carbocycles. The number of fused-ring (bicyclic) bond motifs is 1. The van der Waals surface area contributed by atoms with Gasteiger partial charge in [0, 0.05) is 4.90 Å². The molecule has 0 radical (unpaired) electrons. The molecule has 4 rings (SSSR count). The summed E-state index contributed by atoms with van der Waals surface area (Å²) in [5.41, 5.74) is 1.83. The first kappa shape index (κ1) is 20.8. The summed E-state index contributed by atoms with van der Waals surface area (Å²) in [6.07, 6.45) is 1.59. The Morgan fingerprint density at radius 1 is 1.23 bits per heavy atom. The molecule has 0 bridgehead atoms. The van der Waals surface area contributed by atoms with Gasteiger partial charge in [-0.2, -0.15) is 0 Å². The van der Waals surface area contributed by atoms with Crippen LogP contribution in [0.1, 0.15) is 11.3 Å². The summed E-state index contributed by atoms with van der Waals surface area (Å²) < 4.78 is 11.7. The first-order chi connectivity index (χ1) is 14.5. The molecule has 0 spiro atoms. The van der Waals surface area contributed by atoms with E-state index < -0.39 is 0 Å². The number of halogens is 1. The van der Waals surface area contributed by atoms with Gasteiger partial charge >= 0.3 is 0 Å². The highest BCUT2D eigenvalue weighted by molar-refractivity contribution is 8.00. The van der Waals surface area contributed by atoms with Gasteiger partial charge in [0.2, 0.25) is 5.91 Å². The average Bonchev–Trinajstić information content (AvgIpc) is 3.42. The lowest BCUT2D eigenvalue weighted by molar-refractivity contribution is -0.116. The van der Waals surface area contributed by atoms with Crippen LogP contribution in [0.15, 0.2) is 64.1 Å². The van der Waals surface area contributed by atoms with E-state index in [4.69, 9.17) is 20.8 Å². The molecule has 0 aliphatic heterocycles. The number of aryl methyl sites for hydroxylation is 1. The van der Waals surface area contributed by atoms with Crippen LogP contribution in [0.2, 0.25) is 5.02 Å². The Kier molecular flexibility index (Phi) is 6.32. The van der Waals surface area contributed by atoms with Crippen molar-refractivity contribution in [2.75, 3.05) is 17.8 Å². The second-order valence-corrected chi connectivity index (χ2v) is 9.02. The summed E-state index contributed by atoms with van der Waals surface area (Å²) in [5, 5.41) is 1.14. The number of furan rings is 1. The van der Waals surface area contributed by atoms with Gasteiger partial charge in [0.15, 0.2) is 5.13 Å². The number of hydrogen-bond acceptors (Lipinski definition) is 6. The van der Waals surface area contributed by atoms with Crippen LogP contribution < -0.4 is 9.64 Å². The summed E-state index contributed by atoms with van der Waals surface area (Å²) in [6.45, 7) is 2.33. The number of benzene rings is 2. The maximum absolute atomic E-state index is 13.2. The fourth-order valence-corrected chi connectivity index (χ4v) is 4.95. The Hall–Kier alpha value is -2.48. The van der Waals surface area contributed by atoms with Gasteiger partial charge < -0.3 is 9.15 Å². The fraction of sp³-hybridized carbons (Fsp3) is 0.182. The summed E-state index contributed by atoms with van der Waals surface area (Å²) >= 11 is 9.23. The highest BCUT2D eigenvalue weighted by Gasteiger charge is 2.23. The molecular weight excluding hydrogens is 440 g/mol. The first-order valence-electron chi connectivity index (χ1n) is 9.20. The number of anilines is 1. The Labute approximate surface area is 187 Å². The molecular formula is C22H19ClN2O3S2. The van der Waals surface area contributed by atoms with Crippen molar-refractivity contribution < 1.29 is 13.9 Å². The number of hydrogen-bond donors (Lipinski definition) is 0. The minimum atomic E-state index is -0.0638. The number of methoxy groups -OCH3 is 1.